The van der Waals surface area contributed by atoms with E-state index in [0.29, 0.717) is 6.42 Å². The minimum Gasteiger partial charge on any atom is -0.330 e. The van der Waals surface area contributed by atoms with Crippen molar-refractivity contribution in [3.63, 3.8) is 0 Å². The Morgan fingerprint density at radius 3 is 3.17 bits per heavy atom. The summed E-state index contributed by atoms with van der Waals surface area (Å²) < 4.78 is 0. The SMILES string of the molecule is CC12CCCC=C1NC(=O)CC2. The number of piperidine rings is 1. The largest absolute Gasteiger partial charge is 0.330 e. The zero-order valence-corrected chi connectivity index (χ0v) is 7.52. The number of amides is 1. The molecule has 2 heteroatoms. The number of nitrogens with one attached hydrogen (secondary N) is 1. The van der Waals surface area contributed by atoms with Crippen molar-refractivity contribution >= 4 is 5.91 Å². The molecule has 1 fully saturated rings. The number of carbonyl (C=O) groups excluding carboxylic acids is 1. The fourth-order valence-corrected chi connectivity index (χ4v) is 2.18. The van der Waals surface area contributed by atoms with E-state index in [4.69, 9.17) is 0 Å². The van der Waals surface area contributed by atoms with Crippen LogP contribution >= 0.6 is 0 Å². The van der Waals surface area contributed by atoms with Crippen LogP contribution in [-0.4, -0.2) is 5.91 Å². The van der Waals surface area contributed by atoms with E-state index in [1.165, 1.54) is 18.5 Å². The number of hydrogen-bond donors (Lipinski definition) is 1. The highest BCUT2D eigenvalue weighted by atomic mass is 16.1. The predicted molar refractivity (Wildman–Crippen MR) is 47.4 cm³/mol. The molecule has 1 unspecified atom stereocenters. The lowest BCUT2D eigenvalue weighted by molar-refractivity contribution is -0.122. The summed E-state index contributed by atoms with van der Waals surface area (Å²) in [5, 5.41) is 2.98. The monoisotopic (exact) mass is 165 g/mol. The average molecular weight is 165 g/mol. The molecule has 0 bridgehead atoms. The van der Waals surface area contributed by atoms with Crippen LogP contribution in [0.4, 0.5) is 0 Å². The third-order valence-corrected chi connectivity index (χ3v) is 3.11. The van der Waals surface area contributed by atoms with Crippen molar-refractivity contribution in [3.8, 4) is 0 Å². The Bertz CT molecular complexity index is 244. The summed E-state index contributed by atoms with van der Waals surface area (Å²) in [4.78, 5) is 11.1. The summed E-state index contributed by atoms with van der Waals surface area (Å²) >= 11 is 0. The fourth-order valence-electron chi connectivity index (χ4n) is 2.18. The summed E-state index contributed by atoms with van der Waals surface area (Å²) in [7, 11) is 0. The maximum Gasteiger partial charge on any atom is 0.224 e. The zero-order valence-electron chi connectivity index (χ0n) is 7.52. The van der Waals surface area contributed by atoms with E-state index < -0.39 is 0 Å². The van der Waals surface area contributed by atoms with Crippen LogP contribution in [0.25, 0.3) is 0 Å². The van der Waals surface area contributed by atoms with E-state index in [1.807, 2.05) is 0 Å². The topological polar surface area (TPSA) is 29.1 Å². The van der Waals surface area contributed by atoms with E-state index in [-0.39, 0.29) is 11.3 Å². The van der Waals surface area contributed by atoms with Crippen molar-refractivity contribution in [3.05, 3.63) is 11.8 Å². The van der Waals surface area contributed by atoms with Crippen molar-refractivity contribution in [1.29, 1.82) is 0 Å². The van der Waals surface area contributed by atoms with Gasteiger partial charge in [-0.05, 0) is 25.7 Å². The lowest BCUT2D eigenvalue weighted by Gasteiger charge is -2.39. The van der Waals surface area contributed by atoms with E-state index >= 15 is 0 Å². The highest BCUT2D eigenvalue weighted by Crippen LogP contribution is 2.41. The summed E-state index contributed by atoms with van der Waals surface area (Å²) in [6.07, 6.45) is 7.57. The van der Waals surface area contributed by atoms with Gasteiger partial charge in [-0.25, -0.2) is 0 Å². The van der Waals surface area contributed by atoms with Crippen LogP contribution in [0.5, 0.6) is 0 Å². The Kier molecular flexibility index (Phi) is 1.71. The summed E-state index contributed by atoms with van der Waals surface area (Å²) in [6, 6.07) is 0. The molecule has 0 saturated carbocycles. The molecule has 0 radical (unpaired) electrons. The Labute approximate surface area is 73.0 Å². The Morgan fingerprint density at radius 1 is 1.50 bits per heavy atom. The van der Waals surface area contributed by atoms with Crippen LogP contribution in [0, 0.1) is 5.41 Å². The molecular weight excluding hydrogens is 150 g/mol. The van der Waals surface area contributed by atoms with Crippen molar-refractivity contribution in [2.75, 3.05) is 0 Å². The molecule has 1 aliphatic heterocycles. The first-order valence-corrected chi connectivity index (χ1v) is 4.71. The molecule has 0 spiro atoms. The summed E-state index contributed by atoms with van der Waals surface area (Å²) in [5.41, 5.74) is 1.47. The lowest BCUT2D eigenvalue weighted by Crippen LogP contribution is -2.40. The highest BCUT2D eigenvalue weighted by molar-refractivity contribution is 5.79. The van der Waals surface area contributed by atoms with Crippen LogP contribution in [0.3, 0.4) is 0 Å². The molecule has 0 aromatic carbocycles. The van der Waals surface area contributed by atoms with Gasteiger partial charge in [0.15, 0.2) is 0 Å². The van der Waals surface area contributed by atoms with Crippen molar-refractivity contribution < 1.29 is 4.79 Å². The first-order chi connectivity index (χ1) is 5.71. The van der Waals surface area contributed by atoms with Gasteiger partial charge in [0.05, 0.1) is 0 Å². The molecule has 2 nitrogen and oxygen atoms in total. The average Bonchev–Trinajstić information content (AvgIpc) is 2.06. The number of hydrogen-bond acceptors (Lipinski definition) is 1. The van der Waals surface area contributed by atoms with Crippen LogP contribution < -0.4 is 5.32 Å². The van der Waals surface area contributed by atoms with Crippen LogP contribution in [-0.2, 0) is 4.79 Å². The third kappa shape index (κ3) is 1.15. The lowest BCUT2D eigenvalue weighted by atomic mass is 9.72. The van der Waals surface area contributed by atoms with Gasteiger partial charge in [-0.1, -0.05) is 13.0 Å². The molecule has 1 N–H and O–H groups in total. The standard InChI is InChI=1S/C10H15NO/c1-10-6-3-2-4-8(10)11-9(12)5-7-10/h4H,2-3,5-7H2,1H3,(H,11,12). The van der Waals surface area contributed by atoms with Gasteiger partial charge < -0.3 is 5.32 Å². The molecule has 12 heavy (non-hydrogen) atoms. The Hall–Kier alpha value is -0.790. The van der Waals surface area contributed by atoms with Gasteiger partial charge in [0.2, 0.25) is 5.91 Å². The van der Waals surface area contributed by atoms with Gasteiger partial charge in [-0.2, -0.15) is 0 Å². The first-order valence-electron chi connectivity index (χ1n) is 4.71. The quantitative estimate of drug-likeness (QED) is 0.584. The number of fused-ring (bicyclic) bond motifs is 1. The summed E-state index contributed by atoms with van der Waals surface area (Å²) in [6.45, 7) is 2.26. The van der Waals surface area contributed by atoms with Gasteiger partial charge in [-0.3, -0.25) is 4.79 Å². The molecule has 1 saturated heterocycles. The minimum atomic E-state index is 0.195. The van der Waals surface area contributed by atoms with Crippen molar-refractivity contribution in [2.45, 2.75) is 39.0 Å². The van der Waals surface area contributed by atoms with Gasteiger partial charge in [0.1, 0.15) is 0 Å². The second-order valence-electron chi connectivity index (χ2n) is 4.12. The Morgan fingerprint density at radius 2 is 2.33 bits per heavy atom. The molecular formula is C10H15NO. The second kappa shape index (κ2) is 2.61. The molecule has 1 aliphatic carbocycles. The molecule has 1 amide bonds. The highest BCUT2D eigenvalue weighted by Gasteiger charge is 2.35. The molecule has 66 valence electrons. The van der Waals surface area contributed by atoms with Crippen molar-refractivity contribution in [1.82, 2.24) is 5.32 Å². The number of allylic oxidation sites excluding steroid dienone is 2. The Balaban J connectivity index is 2.25. The number of carbonyl (C=O) groups is 1. The fraction of sp³-hybridized carbons (Fsp3) is 0.700. The van der Waals surface area contributed by atoms with Gasteiger partial charge in [-0.15, -0.1) is 0 Å². The molecule has 2 aliphatic rings. The summed E-state index contributed by atoms with van der Waals surface area (Å²) in [5.74, 6) is 0.195. The zero-order chi connectivity index (χ0) is 8.60. The van der Waals surface area contributed by atoms with E-state index in [2.05, 4.69) is 18.3 Å². The molecule has 1 heterocycles. The van der Waals surface area contributed by atoms with Crippen LogP contribution in [0.2, 0.25) is 0 Å². The minimum absolute atomic E-state index is 0.195. The molecule has 0 aromatic heterocycles. The third-order valence-electron chi connectivity index (χ3n) is 3.11. The van der Waals surface area contributed by atoms with Gasteiger partial charge in [0, 0.05) is 17.5 Å². The van der Waals surface area contributed by atoms with Crippen LogP contribution in [0.1, 0.15) is 39.0 Å². The predicted octanol–water partition coefficient (Wildman–Crippen LogP) is 1.97. The van der Waals surface area contributed by atoms with Crippen LogP contribution in [0.15, 0.2) is 11.8 Å². The van der Waals surface area contributed by atoms with E-state index in [1.54, 1.807) is 0 Å². The maximum atomic E-state index is 11.1. The van der Waals surface area contributed by atoms with E-state index in [9.17, 15) is 4.79 Å². The van der Waals surface area contributed by atoms with E-state index in [0.717, 1.165) is 12.8 Å². The van der Waals surface area contributed by atoms with Gasteiger partial charge >= 0.3 is 0 Å². The smallest absolute Gasteiger partial charge is 0.224 e. The van der Waals surface area contributed by atoms with Gasteiger partial charge in [0.25, 0.3) is 0 Å². The number of rotatable bonds is 0. The molecule has 1 atom stereocenters. The first kappa shape index (κ1) is 7.84. The molecule has 0 aromatic rings. The second-order valence-corrected chi connectivity index (χ2v) is 4.12. The van der Waals surface area contributed by atoms with Crippen molar-refractivity contribution in [2.24, 2.45) is 5.41 Å². The molecule has 2 rings (SSSR count). The maximum absolute atomic E-state index is 11.1. The normalized spacial score (nSPS) is 35.1.